The first-order valence-electron chi connectivity index (χ1n) is 11.9. The molecular formula is C26H24ClN3O3S. The molecule has 1 amide bonds. The summed E-state index contributed by atoms with van der Waals surface area (Å²) in [6.07, 6.45) is 6.18. The summed E-state index contributed by atoms with van der Waals surface area (Å²) in [7, 11) is 0. The summed E-state index contributed by atoms with van der Waals surface area (Å²) in [5.41, 5.74) is 4.24. The Morgan fingerprint density at radius 3 is 2.71 bits per heavy atom. The van der Waals surface area contributed by atoms with E-state index in [4.69, 9.17) is 33.3 Å². The van der Waals surface area contributed by atoms with E-state index in [1.807, 2.05) is 35.2 Å². The van der Waals surface area contributed by atoms with Crippen LogP contribution in [0.5, 0.6) is 11.5 Å². The molecule has 1 saturated carbocycles. The number of aromatic amines is 1. The maximum atomic E-state index is 13.9. The largest absolute Gasteiger partial charge is 0.454 e. The maximum Gasteiger partial charge on any atom is 0.252 e. The van der Waals surface area contributed by atoms with Crippen molar-refractivity contribution in [2.45, 2.75) is 56.7 Å². The van der Waals surface area contributed by atoms with E-state index in [2.05, 4.69) is 16.0 Å². The number of aromatic nitrogens is 1. The maximum absolute atomic E-state index is 13.9. The van der Waals surface area contributed by atoms with Crippen LogP contribution < -0.4 is 9.47 Å². The van der Waals surface area contributed by atoms with Crippen molar-refractivity contribution in [3.63, 3.8) is 0 Å². The molecule has 1 N–H and O–H groups in total. The molecule has 4 aliphatic rings. The fraction of sp³-hybridized carbons (Fsp3) is 0.385. The Balaban J connectivity index is 1.40. The number of halogens is 1. The topological polar surface area (TPSA) is 57.8 Å². The Kier molecular flexibility index (Phi) is 4.61. The molecule has 2 unspecified atom stereocenters. The number of ether oxygens (including phenoxy) is 2. The van der Waals surface area contributed by atoms with Crippen LogP contribution in [-0.4, -0.2) is 44.7 Å². The highest BCUT2D eigenvalue weighted by Crippen LogP contribution is 2.47. The van der Waals surface area contributed by atoms with Crippen molar-refractivity contribution in [1.29, 1.82) is 0 Å². The van der Waals surface area contributed by atoms with E-state index >= 15 is 0 Å². The number of carbonyl (C=O) groups excluding carboxylic acids is 1. The molecule has 34 heavy (non-hydrogen) atoms. The Morgan fingerprint density at radius 2 is 1.85 bits per heavy atom. The number of hydrogen-bond donors (Lipinski definition) is 1. The molecule has 174 valence electrons. The van der Waals surface area contributed by atoms with Crippen molar-refractivity contribution in [3.05, 3.63) is 58.2 Å². The molecule has 0 bridgehead atoms. The molecule has 8 heteroatoms. The minimum atomic E-state index is -0.324. The zero-order chi connectivity index (χ0) is 23.0. The predicted octanol–water partition coefficient (Wildman–Crippen LogP) is 5.33. The molecule has 1 aromatic heterocycles. The molecule has 1 aliphatic carbocycles. The first-order valence-corrected chi connectivity index (χ1v) is 12.7. The third-order valence-corrected chi connectivity index (χ3v) is 8.43. The van der Waals surface area contributed by atoms with Gasteiger partial charge in [0.05, 0.1) is 6.04 Å². The van der Waals surface area contributed by atoms with Crippen molar-refractivity contribution < 1.29 is 14.3 Å². The van der Waals surface area contributed by atoms with Gasteiger partial charge in [-0.3, -0.25) is 9.69 Å². The van der Waals surface area contributed by atoms with Crippen LogP contribution in [0.3, 0.4) is 0 Å². The minimum Gasteiger partial charge on any atom is -0.454 e. The number of thiocarbonyl (C=S) groups is 1. The molecule has 0 spiro atoms. The average Bonchev–Trinajstić information content (AvgIpc) is 3.53. The summed E-state index contributed by atoms with van der Waals surface area (Å²) in [5.74, 6) is 1.59. The molecule has 4 heterocycles. The van der Waals surface area contributed by atoms with E-state index in [0.29, 0.717) is 16.6 Å². The highest BCUT2D eigenvalue weighted by molar-refractivity contribution is 7.80. The van der Waals surface area contributed by atoms with Crippen molar-refractivity contribution in [3.8, 4) is 11.5 Å². The lowest BCUT2D eigenvalue weighted by molar-refractivity contribution is -0.130. The second-order valence-electron chi connectivity index (χ2n) is 9.63. The van der Waals surface area contributed by atoms with Crippen LogP contribution in [0.4, 0.5) is 0 Å². The van der Waals surface area contributed by atoms with Gasteiger partial charge in [-0.25, -0.2) is 0 Å². The fourth-order valence-corrected chi connectivity index (χ4v) is 6.86. The van der Waals surface area contributed by atoms with Crippen LogP contribution in [0.15, 0.2) is 36.4 Å². The van der Waals surface area contributed by atoms with Crippen LogP contribution in [0, 0.1) is 0 Å². The molecule has 2 atom stereocenters. The van der Waals surface area contributed by atoms with Gasteiger partial charge in [-0.1, -0.05) is 36.9 Å². The standard InChI is InChI=1S/C26H24ClN3O3S/c27-15-7-8-19-17(11-15)18-12-20-25(31)29(16-4-2-1-3-5-16)26(34)30(20)24(23(18)28-19)14-6-9-21-22(10-14)33-13-32-21/h6-11,16,20,24,28H,1-5,12-13H2. The van der Waals surface area contributed by atoms with E-state index in [0.717, 1.165) is 64.9 Å². The summed E-state index contributed by atoms with van der Waals surface area (Å²) in [4.78, 5) is 21.6. The molecule has 2 fully saturated rings. The molecule has 7 rings (SSSR count). The van der Waals surface area contributed by atoms with Crippen LogP contribution >= 0.6 is 23.8 Å². The van der Waals surface area contributed by atoms with Crippen LogP contribution in [0.1, 0.15) is 55.0 Å². The summed E-state index contributed by atoms with van der Waals surface area (Å²) >= 11 is 12.4. The number of nitrogens with one attached hydrogen (secondary N) is 1. The number of carbonyl (C=O) groups is 1. The Labute approximate surface area is 207 Å². The van der Waals surface area contributed by atoms with Gasteiger partial charge in [-0.2, -0.15) is 0 Å². The number of benzene rings is 2. The van der Waals surface area contributed by atoms with Gasteiger partial charge >= 0.3 is 0 Å². The minimum absolute atomic E-state index is 0.129. The van der Waals surface area contributed by atoms with E-state index in [-0.39, 0.29) is 30.8 Å². The number of fused-ring (bicyclic) bond motifs is 5. The van der Waals surface area contributed by atoms with E-state index in [1.54, 1.807) is 0 Å². The molecule has 3 aromatic rings. The molecule has 3 aliphatic heterocycles. The van der Waals surface area contributed by atoms with Crippen molar-refractivity contribution in [1.82, 2.24) is 14.8 Å². The van der Waals surface area contributed by atoms with Crippen molar-refractivity contribution >= 4 is 45.7 Å². The van der Waals surface area contributed by atoms with Gasteiger partial charge in [0.1, 0.15) is 6.04 Å². The number of nitrogens with zero attached hydrogens (tertiary/aromatic N) is 2. The summed E-state index contributed by atoms with van der Waals surface area (Å²) in [6, 6.07) is 11.6. The van der Waals surface area contributed by atoms with E-state index in [1.165, 1.54) is 6.42 Å². The molecule has 2 aromatic carbocycles. The number of hydrogen-bond acceptors (Lipinski definition) is 4. The second-order valence-corrected chi connectivity index (χ2v) is 10.4. The van der Waals surface area contributed by atoms with Crippen LogP contribution in [0.25, 0.3) is 10.9 Å². The average molecular weight is 494 g/mol. The zero-order valence-corrected chi connectivity index (χ0v) is 20.1. The molecule has 6 nitrogen and oxygen atoms in total. The van der Waals surface area contributed by atoms with Gasteiger partial charge in [-0.15, -0.1) is 0 Å². The smallest absolute Gasteiger partial charge is 0.252 e. The number of rotatable bonds is 2. The number of amides is 1. The molecule has 1 saturated heterocycles. The summed E-state index contributed by atoms with van der Waals surface area (Å²) in [6.45, 7) is 0.221. The third kappa shape index (κ3) is 2.93. The van der Waals surface area contributed by atoms with E-state index < -0.39 is 0 Å². The Hall–Kier alpha value is -2.77. The molecular weight excluding hydrogens is 470 g/mol. The Bertz CT molecular complexity index is 1350. The lowest BCUT2D eigenvalue weighted by Crippen LogP contribution is -2.44. The fourth-order valence-electron chi connectivity index (χ4n) is 6.22. The second kappa shape index (κ2) is 7.62. The van der Waals surface area contributed by atoms with Gasteiger partial charge in [0, 0.05) is 34.1 Å². The zero-order valence-electron chi connectivity index (χ0n) is 18.6. The predicted molar refractivity (Wildman–Crippen MR) is 133 cm³/mol. The van der Waals surface area contributed by atoms with Gasteiger partial charge in [0.25, 0.3) is 5.91 Å². The SMILES string of the molecule is O=C1C2Cc3c([nH]c4ccc(Cl)cc34)C(c3ccc4c(c3)OCO4)N2C(=S)N1C1CCCCC1. The lowest BCUT2D eigenvalue weighted by Gasteiger charge is -2.38. The summed E-state index contributed by atoms with van der Waals surface area (Å²) in [5, 5.41) is 2.41. The van der Waals surface area contributed by atoms with Crippen LogP contribution in [0.2, 0.25) is 5.02 Å². The first kappa shape index (κ1) is 20.6. The normalized spacial score (nSPS) is 24.1. The van der Waals surface area contributed by atoms with Crippen molar-refractivity contribution in [2.24, 2.45) is 0 Å². The third-order valence-electron chi connectivity index (χ3n) is 7.79. The quantitative estimate of drug-likeness (QED) is 0.489. The van der Waals surface area contributed by atoms with Crippen LogP contribution in [-0.2, 0) is 11.2 Å². The van der Waals surface area contributed by atoms with Crippen molar-refractivity contribution in [2.75, 3.05) is 6.79 Å². The van der Waals surface area contributed by atoms with Gasteiger partial charge in [-0.05, 0) is 66.5 Å². The highest BCUT2D eigenvalue weighted by atomic mass is 35.5. The monoisotopic (exact) mass is 493 g/mol. The summed E-state index contributed by atoms with van der Waals surface area (Å²) < 4.78 is 11.2. The highest BCUT2D eigenvalue weighted by Gasteiger charge is 2.52. The Morgan fingerprint density at radius 1 is 1.03 bits per heavy atom. The van der Waals surface area contributed by atoms with Gasteiger partial charge in [0.15, 0.2) is 16.6 Å². The van der Waals surface area contributed by atoms with Gasteiger partial charge in [0.2, 0.25) is 6.79 Å². The number of H-pyrrole nitrogens is 1. The molecule has 0 radical (unpaired) electrons. The lowest BCUT2D eigenvalue weighted by atomic mass is 9.88. The van der Waals surface area contributed by atoms with E-state index in [9.17, 15) is 4.79 Å². The first-order chi connectivity index (χ1) is 16.6. The van der Waals surface area contributed by atoms with Gasteiger partial charge < -0.3 is 19.4 Å².